The molecule has 1 N–H and O–H groups in total. The third-order valence-electron chi connectivity index (χ3n) is 9.63. The van der Waals surface area contributed by atoms with E-state index in [0.717, 1.165) is 56.1 Å². The van der Waals surface area contributed by atoms with E-state index in [-0.39, 0.29) is 11.2 Å². The number of Topliss-reactive ketones (excluding diaryl/α,β-unsaturated/α-hetero) is 1. The lowest BCUT2D eigenvalue weighted by Crippen LogP contribution is -2.30. The zero-order chi connectivity index (χ0) is 28.1. The number of hydrogen-bond donors (Lipinski definition) is 1. The van der Waals surface area contributed by atoms with Gasteiger partial charge in [0, 0.05) is 57.2 Å². The molecule has 2 aliphatic carbocycles. The molecule has 214 valence electrons. The summed E-state index contributed by atoms with van der Waals surface area (Å²) >= 11 is 0. The van der Waals surface area contributed by atoms with Crippen LogP contribution in [-0.4, -0.2) is 59.8 Å². The Morgan fingerprint density at radius 3 is 2.60 bits per heavy atom. The van der Waals surface area contributed by atoms with Gasteiger partial charge in [0.05, 0.1) is 17.5 Å². The standard InChI is InChI=1S/C32H44N4O3Si/c1-32(11-6-5-7-12-32)30(38)26-19-36(21-39-13-14-40(2,3)4)31-29(26)34-28(16-33-31)22-9-8-10-23(15-22)35-17-24-25(18-35)27(24)20-37/h8-10,15-16,19,24-25,27,37H,5-7,11-14,17-18,20-21H2,1-4H3/t24-,25+,27?. The van der Waals surface area contributed by atoms with Crippen molar-refractivity contribution < 1.29 is 14.6 Å². The summed E-state index contributed by atoms with van der Waals surface area (Å²) in [6, 6.07) is 9.60. The maximum absolute atomic E-state index is 14.0. The number of benzene rings is 1. The highest BCUT2D eigenvalue weighted by molar-refractivity contribution is 6.76. The first kappa shape index (κ1) is 27.6. The normalized spacial score (nSPS) is 23.9. The van der Waals surface area contributed by atoms with E-state index >= 15 is 0 Å². The van der Waals surface area contributed by atoms with Crippen LogP contribution in [0, 0.1) is 23.2 Å². The summed E-state index contributed by atoms with van der Waals surface area (Å²) in [6.07, 6.45) is 9.03. The van der Waals surface area contributed by atoms with Gasteiger partial charge in [-0.3, -0.25) is 4.79 Å². The van der Waals surface area contributed by atoms with E-state index < -0.39 is 8.07 Å². The van der Waals surface area contributed by atoms with Gasteiger partial charge in [-0.25, -0.2) is 9.97 Å². The fourth-order valence-corrected chi connectivity index (χ4v) is 7.63. The summed E-state index contributed by atoms with van der Waals surface area (Å²) in [6.45, 7) is 12.6. The molecule has 3 fully saturated rings. The molecule has 1 unspecified atom stereocenters. The zero-order valence-electron chi connectivity index (χ0n) is 24.5. The number of ketones is 1. The Bertz CT molecular complexity index is 1380. The third kappa shape index (κ3) is 5.38. The first-order valence-corrected chi connectivity index (χ1v) is 18.8. The van der Waals surface area contributed by atoms with E-state index in [4.69, 9.17) is 14.7 Å². The van der Waals surface area contributed by atoms with Crippen LogP contribution in [0.1, 0.15) is 49.4 Å². The first-order chi connectivity index (χ1) is 19.2. The Morgan fingerprint density at radius 2 is 1.90 bits per heavy atom. The number of rotatable bonds is 10. The number of hydrogen-bond acceptors (Lipinski definition) is 6. The molecule has 0 amide bonds. The molecule has 8 heteroatoms. The van der Waals surface area contributed by atoms with Crippen molar-refractivity contribution in [3.63, 3.8) is 0 Å². The van der Waals surface area contributed by atoms with Crippen molar-refractivity contribution in [2.75, 3.05) is 31.2 Å². The molecule has 3 atom stereocenters. The van der Waals surface area contributed by atoms with E-state index in [1.807, 2.05) is 17.0 Å². The van der Waals surface area contributed by atoms with Gasteiger partial charge in [-0.15, -0.1) is 0 Å². The Kier molecular flexibility index (Phi) is 7.38. The second-order valence-corrected chi connectivity index (χ2v) is 19.5. The second kappa shape index (κ2) is 10.7. The fourth-order valence-electron chi connectivity index (χ4n) is 6.87. The van der Waals surface area contributed by atoms with Crippen LogP contribution in [0.2, 0.25) is 25.7 Å². The van der Waals surface area contributed by atoms with Crippen LogP contribution in [0.5, 0.6) is 0 Å². The molecule has 3 heterocycles. The van der Waals surface area contributed by atoms with E-state index in [1.54, 1.807) is 0 Å². The maximum atomic E-state index is 14.0. The fraction of sp³-hybridized carbons (Fsp3) is 0.594. The van der Waals surface area contributed by atoms with Crippen molar-refractivity contribution in [2.24, 2.45) is 23.2 Å². The molecule has 1 aromatic carbocycles. The molecule has 1 saturated heterocycles. The van der Waals surface area contributed by atoms with Gasteiger partial charge < -0.3 is 19.3 Å². The Labute approximate surface area is 239 Å². The van der Waals surface area contributed by atoms with E-state index in [1.165, 1.54) is 12.1 Å². The van der Waals surface area contributed by atoms with E-state index in [2.05, 4.69) is 55.7 Å². The molecule has 40 heavy (non-hydrogen) atoms. The van der Waals surface area contributed by atoms with Crippen LogP contribution >= 0.6 is 0 Å². The van der Waals surface area contributed by atoms with Crippen molar-refractivity contribution in [2.45, 2.75) is 71.4 Å². The lowest BCUT2D eigenvalue weighted by atomic mass is 9.71. The van der Waals surface area contributed by atoms with Crippen molar-refractivity contribution in [1.82, 2.24) is 14.5 Å². The lowest BCUT2D eigenvalue weighted by Gasteiger charge is -2.31. The SMILES string of the molecule is CC1(C(=O)c2cn(COCC[Si](C)(C)C)c3ncc(-c4cccc(N5C[C@@H]6C(CO)[C@@H]6C5)c4)nc23)CCCCC1. The van der Waals surface area contributed by atoms with Gasteiger partial charge in [0.15, 0.2) is 11.4 Å². The molecular weight excluding hydrogens is 516 g/mol. The van der Waals surface area contributed by atoms with Gasteiger partial charge in [0.2, 0.25) is 0 Å². The van der Waals surface area contributed by atoms with Crippen molar-refractivity contribution in [3.05, 3.63) is 42.2 Å². The predicted octanol–water partition coefficient (Wildman–Crippen LogP) is 6.24. The predicted molar refractivity (Wildman–Crippen MR) is 162 cm³/mol. The highest BCUT2D eigenvalue weighted by Gasteiger charge is 2.55. The van der Waals surface area contributed by atoms with E-state index in [0.29, 0.717) is 54.4 Å². The smallest absolute Gasteiger partial charge is 0.172 e. The zero-order valence-corrected chi connectivity index (χ0v) is 25.5. The Balaban J connectivity index is 1.30. The van der Waals surface area contributed by atoms with Gasteiger partial charge in [-0.2, -0.15) is 0 Å². The molecule has 2 saturated carbocycles. The lowest BCUT2D eigenvalue weighted by molar-refractivity contribution is 0.0747. The van der Waals surface area contributed by atoms with Crippen LogP contribution in [0.15, 0.2) is 36.7 Å². The molecule has 3 aliphatic rings. The van der Waals surface area contributed by atoms with Crippen molar-refractivity contribution in [1.29, 1.82) is 0 Å². The highest BCUT2D eigenvalue weighted by atomic mass is 28.3. The van der Waals surface area contributed by atoms with Crippen LogP contribution < -0.4 is 4.90 Å². The molecule has 2 aromatic heterocycles. The Hall–Kier alpha value is -2.55. The highest BCUT2D eigenvalue weighted by Crippen LogP contribution is 2.52. The number of nitrogens with zero attached hydrogens (tertiary/aromatic N) is 4. The van der Waals surface area contributed by atoms with Crippen LogP contribution in [0.3, 0.4) is 0 Å². The van der Waals surface area contributed by atoms with Gasteiger partial charge >= 0.3 is 0 Å². The van der Waals surface area contributed by atoms with Crippen LogP contribution in [0.25, 0.3) is 22.4 Å². The summed E-state index contributed by atoms with van der Waals surface area (Å²) in [5.74, 6) is 1.91. The Morgan fingerprint density at radius 1 is 1.15 bits per heavy atom. The summed E-state index contributed by atoms with van der Waals surface area (Å²) < 4.78 is 8.05. The molecule has 1 aliphatic heterocycles. The molecule has 6 rings (SSSR count). The maximum Gasteiger partial charge on any atom is 0.172 e. The van der Waals surface area contributed by atoms with Gasteiger partial charge in [0.25, 0.3) is 0 Å². The minimum atomic E-state index is -1.19. The number of aliphatic hydroxyl groups excluding tert-OH is 1. The van der Waals surface area contributed by atoms with Crippen LogP contribution in [-0.2, 0) is 11.5 Å². The summed E-state index contributed by atoms with van der Waals surface area (Å²) in [5.41, 5.74) is 4.69. The van der Waals surface area contributed by atoms with E-state index in [9.17, 15) is 9.90 Å². The molecule has 3 aromatic rings. The second-order valence-electron chi connectivity index (χ2n) is 13.9. The molecule has 7 nitrogen and oxygen atoms in total. The summed E-state index contributed by atoms with van der Waals surface area (Å²) in [7, 11) is -1.19. The third-order valence-corrected chi connectivity index (χ3v) is 11.3. The minimum absolute atomic E-state index is 0.188. The molecule has 0 spiro atoms. The summed E-state index contributed by atoms with van der Waals surface area (Å²) in [4.78, 5) is 26.4. The monoisotopic (exact) mass is 560 g/mol. The number of ether oxygens (including phenoxy) is 1. The topological polar surface area (TPSA) is 80.5 Å². The van der Waals surface area contributed by atoms with Gasteiger partial charge in [-0.05, 0) is 48.8 Å². The number of aromatic nitrogens is 3. The number of carbonyl (C=O) groups is 1. The quantitative estimate of drug-likeness (QED) is 0.180. The first-order valence-electron chi connectivity index (χ1n) is 15.1. The van der Waals surface area contributed by atoms with Crippen LogP contribution in [0.4, 0.5) is 5.69 Å². The van der Waals surface area contributed by atoms with Crippen molar-refractivity contribution in [3.8, 4) is 11.3 Å². The largest absolute Gasteiger partial charge is 0.396 e. The molecule has 0 bridgehead atoms. The van der Waals surface area contributed by atoms with Gasteiger partial charge in [-0.1, -0.05) is 58.0 Å². The number of fused-ring (bicyclic) bond motifs is 2. The minimum Gasteiger partial charge on any atom is -0.396 e. The number of anilines is 1. The number of carbonyl (C=O) groups excluding carboxylic acids is 1. The van der Waals surface area contributed by atoms with Crippen molar-refractivity contribution >= 4 is 30.7 Å². The molecular formula is C32H44N4O3Si. The molecule has 0 radical (unpaired) electrons. The average Bonchev–Trinajstić information content (AvgIpc) is 3.24. The van der Waals surface area contributed by atoms with Gasteiger partial charge in [0.1, 0.15) is 12.2 Å². The number of aliphatic hydroxyl groups is 1. The average molecular weight is 561 g/mol. The number of piperidine rings is 1. The summed E-state index contributed by atoms with van der Waals surface area (Å²) in [5, 5.41) is 9.54.